The normalized spacial score (nSPS) is 12.8. The van der Waals surface area contributed by atoms with Crippen molar-refractivity contribution < 1.29 is 0 Å². The molecule has 0 saturated heterocycles. The smallest absolute Gasteiger partial charge is 0.0888 e. The van der Waals surface area contributed by atoms with Gasteiger partial charge in [-0.3, -0.25) is 0 Å². The lowest BCUT2D eigenvalue weighted by Crippen LogP contribution is -2.17. The van der Waals surface area contributed by atoms with E-state index in [2.05, 4.69) is 279 Å². The third-order valence-electron chi connectivity index (χ3n) is 15.0. The maximum absolute atomic E-state index is 8.28. The summed E-state index contributed by atoms with van der Waals surface area (Å²) >= 11 is 8.28. The summed E-state index contributed by atoms with van der Waals surface area (Å²) in [6.45, 7) is 27.3. The Morgan fingerprint density at radius 3 is 1.07 bits per heavy atom. The van der Waals surface area contributed by atoms with E-state index in [1.807, 2.05) is 0 Å². The van der Waals surface area contributed by atoms with Gasteiger partial charge in [0.1, 0.15) is 0 Å². The van der Waals surface area contributed by atoms with Gasteiger partial charge in [0.15, 0.2) is 0 Å². The molecule has 72 heavy (non-hydrogen) atoms. The molecule has 0 atom stereocenters. The molecule has 0 amide bonds. The largest absolute Gasteiger partial charge is 0.309 e. The van der Waals surface area contributed by atoms with Crippen LogP contribution in [-0.4, -0.2) is 4.57 Å². The lowest BCUT2D eigenvalue weighted by atomic mass is 9.86. The molecule has 3 nitrogen and oxygen atoms in total. The van der Waals surface area contributed by atoms with E-state index in [-0.39, 0.29) is 21.7 Å². The molecule has 11 rings (SSSR count). The Bertz CT molecular complexity index is 3440. The fraction of sp³-hybridized carbons (Fsp3) is 0.235. The van der Waals surface area contributed by atoms with Crippen molar-refractivity contribution in [2.24, 2.45) is 0 Å². The van der Waals surface area contributed by atoms with Crippen LogP contribution in [0.1, 0.15) is 105 Å². The first-order valence-electron chi connectivity index (χ1n) is 25.6. The van der Waals surface area contributed by atoms with Crippen molar-refractivity contribution in [1.29, 1.82) is 0 Å². The van der Waals surface area contributed by atoms with Gasteiger partial charge >= 0.3 is 0 Å². The molecule has 9 aromatic carbocycles. The van der Waals surface area contributed by atoms with Crippen molar-refractivity contribution in [3.63, 3.8) is 0 Å². The van der Waals surface area contributed by atoms with Gasteiger partial charge in [0.05, 0.1) is 33.1 Å². The molecular formula is C68H66ClN3. The number of aromatic nitrogens is 1. The van der Waals surface area contributed by atoms with E-state index >= 15 is 0 Å². The highest BCUT2D eigenvalue weighted by molar-refractivity contribution is 6.37. The number of nitrogens with zero attached hydrogens (tertiary/aromatic N) is 3. The van der Waals surface area contributed by atoms with Crippen molar-refractivity contribution in [1.82, 2.24) is 4.57 Å². The molecule has 0 unspecified atom stereocenters. The number of anilines is 6. The van der Waals surface area contributed by atoms with Gasteiger partial charge in [0, 0.05) is 33.5 Å². The second-order valence-corrected chi connectivity index (χ2v) is 24.5. The molecule has 0 saturated carbocycles. The SMILES string of the molecule is CC(C)(C)c1ccc(N(c2ccc(C(C)(C)C)cc2)c2cc(-n3c4cccc5c4c4c6c(cccc6ccc43)-c3ccccc3-5)cc(N(c3ccc(C(C)(C)C)cc3)c3ccc(C(C)(C)C)cc3)c2Cl)cc1. The van der Waals surface area contributed by atoms with Crippen molar-refractivity contribution in [3.05, 3.63) is 209 Å². The van der Waals surface area contributed by atoms with Crippen LogP contribution in [0.25, 0.3) is 60.5 Å². The Morgan fingerprint density at radius 2 is 0.681 bits per heavy atom. The van der Waals surface area contributed by atoms with E-state index in [1.54, 1.807) is 0 Å². The monoisotopic (exact) mass is 959 g/mol. The first kappa shape index (κ1) is 47.3. The predicted octanol–water partition coefficient (Wildman–Crippen LogP) is 20.4. The van der Waals surface area contributed by atoms with E-state index in [0.29, 0.717) is 5.02 Å². The van der Waals surface area contributed by atoms with Crippen LogP contribution in [-0.2, 0) is 21.7 Å². The highest BCUT2D eigenvalue weighted by atomic mass is 35.5. The number of benzene rings is 9. The summed E-state index contributed by atoms with van der Waals surface area (Å²) in [5.41, 5.74) is 19.2. The van der Waals surface area contributed by atoms with Gasteiger partial charge in [-0.15, -0.1) is 0 Å². The van der Waals surface area contributed by atoms with Gasteiger partial charge in [-0.25, -0.2) is 0 Å². The fourth-order valence-corrected chi connectivity index (χ4v) is 11.2. The summed E-state index contributed by atoms with van der Waals surface area (Å²) < 4.78 is 2.49. The van der Waals surface area contributed by atoms with E-state index in [0.717, 1.165) is 50.8 Å². The molecule has 4 heteroatoms. The Balaban J connectivity index is 1.27. The molecule has 0 bridgehead atoms. The van der Waals surface area contributed by atoms with Crippen molar-refractivity contribution in [3.8, 4) is 27.9 Å². The van der Waals surface area contributed by atoms with Gasteiger partial charge in [-0.05, 0) is 150 Å². The Hall–Kier alpha value is -7.07. The van der Waals surface area contributed by atoms with Gasteiger partial charge < -0.3 is 14.4 Å². The van der Waals surface area contributed by atoms with Gasteiger partial charge in [0.2, 0.25) is 0 Å². The first-order valence-corrected chi connectivity index (χ1v) is 26.0. The summed E-state index contributed by atoms with van der Waals surface area (Å²) in [5, 5.41) is 5.68. The van der Waals surface area contributed by atoms with Crippen LogP contribution in [0.3, 0.4) is 0 Å². The molecule has 10 aromatic rings. The topological polar surface area (TPSA) is 11.4 Å². The van der Waals surface area contributed by atoms with Crippen molar-refractivity contribution in [2.45, 2.75) is 105 Å². The molecule has 1 aromatic heterocycles. The van der Waals surface area contributed by atoms with Crippen molar-refractivity contribution >= 4 is 78.3 Å². The molecule has 1 aliphatic carbocycles. The average molecular weight is 961 g/mol. The van der Waals surface area contributed by atoms with Crippen LogP contribution in [0.15, 0.2) is 182 Å². The highest BCUT2D eigenvalue weighted by Crippen LogP contribution is 2.53. The van der Waals surface area contributed by atoms with Crippen LogP contribution in [0.5, 0.6) is 0 Å². The van der Waals surface area contributed by atoms with E-state index in [1.165, 1.54) is 66.1 Å². The Labute approximate surface area is 432 Å². The minimum absolute atomic E-state index is 0.0173. The predicted molar refractivity (Wildman–Crippen MR) is 312 cm³/mol. The van der Waals surface area contributed by atoms with Crippen molar-refractivity contribution in [2.75, 3.05) is 9.80 Å². The van der Waals surface area contributed by atoms with Crippen LogP contribution in [0.2, 0.25) is 5.02 Å². The minimum atomic E-state index is -0.0173. The van der Waals surface area contributed by atoms with Crippen LogP contribution < -0.4 is 9.80 Å². The average Bonchev–Trinajstić information content (AvgIpc) is 3.63. The molecule has 1 aliphatic rings. The number of rotatable bonds is 7. The number of halogens is 1. The van der Waals surface area contributed by atoms with Gasteiger partial charge in [-0.1, -0.05) is 204 Å². The molecule has 0 N–H and O–H groups in total. The zero-order valence-corrected chi connectivity index (χ0v) is 44.8. The Morgan fingerprint density at radius 1 is 0.333 bits per heavy atom. The van der Waals surface area contributed by atoms with Gasteiger partial charge in [0.25, 0.3) is 0 Å². The molecule has 0 radical (unpaired) electrons. The van der Waals surface area contributed by atoms with E-state index in [9.17, 15) is 0 Å². The second-order valence-electron chi connectivity index (χ2n) is 24.1. The van der Waals surface area contributed by atoms with Crippen LogP contribution in [0, 0.1) is 0 Å². The minimum Gasteiger partial charge on any atom is -0.309 e. The first-order chi connectivity index (χ1) is 34.2. The zero-order valence-electron chi connectivity index (χ0n) is 44.0. The fourth-order valence-electron chi connectivity index (χ4n) is 10.9. The molecule has 0 aliphatic heterocycles. The van der Waals surface area contributed by atoms with E-state index in [4.69, 9.17) is 11.6 Å². The maximum Gasteiger partial charge on any atom is 0.0888 e. The van der Waals surface area contributed by atoms with Gasteiger partial charge in [-0.2, -0.15) is 0 Å². The lowest BCUT2D eigenvalue weighted by Gasteiger charge is -2.33. The summed E-state index contributed by atoms with van der Waals surface area (Å²) in [7, 11) is 0. The quantitative estimate of drug-likeness (QED) is 0.158. The summed E-state index contributed by atoms with van der Waals surface area (Å²) in [5.74, 6) is 0. The number of fused-ring (bicyclic) bond motifs is 3. The number of hydrogen-bond donors (Lipinski definition) is 0. The molecule has 0 spiro atoms. The van der Waals surface area contributed by atoms with E-state index < -0.39 is 0 Å². The third-order valence-corrected chi connectivity index (χ3v) is 15.4. The lowest BCUT2D eigenvalue weighted by molar-refractivity contribution is 0.590. The Kier molecular flexibility index (Phi) is 11.2. The molecular weight excluding hydrogens is 894 g/mol. The van der Waals surface area contributed by atoms with Crippen LogP contribution >= 0.6 is 11.6 Å². The third kappa shape index (κ3) is 8.07. The standard InChI is InChI=1S/C68H66ClN3/c1-65(2,3)44-24-32-48(33-25-44)70(49-34-26-45(27-35-49)66(4,5)6)59-41-52(42-60(64(59)69)71(50-36-28-46(29-37-50)67(7,8)9)51-38-30-47(31-39-51)68(10,11)12)72-57-22-16-21-56-54-19-14-13-18-53(54)55-20-15-17-43-23-40-58(72)63(61(43)55)62(56)57/h13-42H,1-12H3. The highest BCUT2D eigenvalue weighted by Gasteiger charge is 2.30. The number of hydrogen-bond acceptors (Lipinski definition) is 2. The summed E-state index contributed by atoms with van der Waals surface area (Å²) in [4.78, 5) is 4.73. The summed E-state index contributed by atoms with van der Waals surface area (Å²) in [6, 6.07) is 68.1. The zero-order chi connectivity index (χ0) is 50.6. The maximum atomic E-state index is 8.28. The van der Waals surface area contributed by atoms with Crippen LogP contribution in [0.4, 0.5) is 34.1 Å². The summed E-state index contributed by atoms with van der Waals surface area (Å²) in [6.07, 6.45) is 0. The molecule has 0 fully saturated rings. The molecule has 360 valence electrons. The second kappa shape index (κ2) is 17.0. The molecule has 1 heterocycles.